The maximum atomic E-state index is 12.6. The first-order chi connectivity index (χ1) is 15.9. The van der Waals surface area contributed by atoms with Crippen LogP contribution in [-0.2, 0) is 0 Å². The van der Waals surface area contributed by atoms with E-state index in [9.17, 15) is 14.9 Å². The molecule has 172 valence electrons. The first-order valence-electron chi connectivity index (χ1n) is 10.2. The molecule has 0 unspecified atom stereocenters. The van der Waals surface area contributed by atoms with Crippen molar-refractivity contribution in [1.29, 1.82) is 0 Å². The lowest BCUT2D eigenvalue weighted by Gasteiger charge is -2.36. The number of nitrogens with one attached hydrogen (secondary N) is 1. The fourth-order valence-electron chi connectivity index (χ4n) is 3.76. The molecule has 3 aromatic rings. The average Bonchev–Trinajstić information content (AvgIpc) is 2.83. The second-order valence-electron chi connectivity index (χ2n) is 7.41. The van der Waals surface area contributed by atoms with Crippen molar-refractivity contribution in [2.24, 2.45) is 0 Å². The average molecular weight is 472 g/mol. The van der Waals surface area contributed by atoms with Gasteiger partial charge in [-0.1, -0.05) is 11.6 Å². The summed E-state index contributed by atoms with van der Waals surface area (Å²) in [5, 5.41) is 15.7. The van der Waals surface area contributed by atoms with E-state index in [0.717, 1.165) is 10.8 Å². The van der Waals surface area contributed by atoms with Crippen molar-refractivity contribution in [3.8, 4) is 11.5 Å². The topological polar surface area (TPSA) is 110 Å². The zero-order valence-electron chi connectivity index (χ0n) is 18.1. The van der Waals surface area contributed by atoms with Gasteiger partial charge in [0.15, 0.2) is 11.5 Å². The summed E-state index contributed by atoms with van der Waals surface area (Å²) in [7, 11) is 3.16. The lowest BCUT2D eigenvalue weighted by Crippen LogP contribution is -2.50. The minimum Gasteiger partial charge on any atom is -0.493 e. The monoisotopic (exact) mass is 471 g/mol. The molecule has 0 spiro atoms. The molecule has 0 saturated carbocycles. The minimum atomic E-state index is -0.482. The number of hydrogen-bond acceptors (Lipinski definition) is 7. The number of methoxy groups -OCH3 is 2. The molecule has 0 aliphatic carbocycles. The minimum absolute atomic E-state index is 0.0305. The molecule has 11 heteroatoms. The number of halogens is 1. The van der Waals surface area contributed by atoms with E-state index in [1.54, 1.807) is 25.2 Å². The lowest BCUT2D eigenvalue weighted by atomic mass is 10.1. The van der Waals surface area contributed by atoms with Gasteiger partial charge in [0, 0.05) is 49.4 Å². The van der Waals surface area contributed by atoms with Crippen molar-refractivity contribution in [3.05, 3.63) is 57.7 Å². The molecule has 4 rings (SSSR count). The molecule has 1 aliphatic rings. The molecule has 1 saturated heterocycles. The first-order valence-corrected chi connectivity index (χ1v) is 10.5. The van der Waals surface area contributed by atoms with E-state index in [4.69, 9.17) is 21.1 Å². The molecule has 2 aromatic carbocycles. The summed E-state index contributed by atoms with van der Waals surface area (Å²) >= 11 is 6.29. The number of benzene rings is 2. The Labute approximate surface area is 194 Å². The van der Waals surface area contributed by atoms with Gasteiger partial charge in [-0.25, -0.2) is 9.78 Å². The van der Waals surface area contributed by atoms with Crippen molar-refractivity contribution in [2.45, 2.75) is 0 Å². The molecule has 1 fully saturated rings. The van der Waals surface area contributed by atoms with Crippen LogP contribution in [0.4, 0.5) is 22.0 Å². The Hall–Kier alpha value is -3.79. The lowest BCUT2D eigenvalue weighted by molar-refractivity contribution is -0.384. The maximum Gasteiger partial charge on any atom is 0.321 e. The molecule has 0 atom stereocenters. The number of anilines is 2. The van der Waals surface area contributed by atoms with E-state index in [0.29, 0.717) is 54.3 Å². The maximum absolute atomic E-state index is 12.6. The van der Waals surface area contributed by atoms with E-state index in [1.165, 1.54) is 24.3 Å². The number of rotatable bonds is 5. The van der Waals surface area contributed by atoms with Crippen molar-refractivity contribution in [3.63, 3.8) is 0 Å². The summed E-state index contributed by atoms with van der Waals surface area (Å²) in [5.41, 5.74) is 0.466. The van der Waals surface area contributed by atoms with Gasteiger partial charge in [0.1, 0.15) is 11.0 Å². The molecular formula is C22H22ClN5O5. The normalized spacial score (nSPS) is 13.7. The summed E-state index contributed by atoms with van der Waals surface area (Å²) in [5.74, 6) is 1.91. The van der Waals surface area contributed by atoms with Crippen LogP contribution in [0.25, 0.3) is 10.8 Å². The number of hydrogen-bond donors (Lipinski definition) is 1. The molecular weight excluding hydrogens is 450 g/mol. The highest BCUT2D eigenvalue weighted by Gasteiger charge is 2.24. The summed E-state index contributed by atoms with van der Waals surface area (Å²) < 4.78 is 10.8. The smallest absolute Gasteiger partial charge is 0.321 e. The number of piperazine rings is 1. The number of urea groups is 1. The number of carbonyl (C=O) groups excluding carboxylic acids is 1. The van der Waals surface area contributed by atoms with E-state index < -0.39 is 4.92 Å². The summed E-state index contributed by atoms with van der Waals surface area (Å²) in [6.45, 7) is 2.07. The first kappa shape index (κ1) is 22.4. The molecule has 0 radical (unpaired) electrons. The summed E-state index contributed by atoms with van der Waals surface area (Å²) in [6.07, 6.45) is 0. The molecule has 1 aromatic heterocycles. The van der Waals surface area contributed by atoms with Crippen LogP contribution in [0, 0.1) is 10.1 Å². The van der Waals surface area contributed by atoms with Gasteiger partial charge in [-0.15, -0.1) is 0 Å². The predicted molar refractivity (Wildman–Crippen MR) is 126 cm³/mol. The second-order valence-corrected chi connectivity index (χ2v) is 7.79. The van der Waals surface area contributed by atoms with Gasteiger partial charge < -0.3 is 24.6 Å². The molecule has 33 heavy (non-hydrogen) atoms. The SMILES string of the molecule is COc1cc2cc(Cl)nc(N3CCN(C(=O)Nc4ccc([N+](=O)[O-])cc4)CC3)c2cc1OC. The molecule has 2 amide bonds. The van der Waals surface area contributed by atoms with E-state index >= 15 is 0 Å². The predicted octanol–water partition coefficient (Wildman–Crippen LogP) is 4.17. The molecule has 2 heterocycles. The van der Waals surface area contributed by atoms with Crippen LogP contribution in [0.2, 0.25) is 5.15 Å². The van der Waals surface area contributed by atoms with Crippen LogP contribution in [0.3, 0.4) is 0 Å². The number of fused-ring (bicyclic) bond motifs is 1. The Morgan fingerprint density at radius 3 is 2.30 bits per heavy atom. The molecule has 10 nitrogen and oxygen atoms in total. The highest BCUT2D eigenvalue weighted by Crippen LogP contribution is 2.37. The number of aromatic nitrogens is 1. The zero-order chi connectivity index (χ0) is 23.5. The standard InChI is InChI=1S/C22H22ClN5O5/c1-32-18-11-14-12-20(23)25-21(17(14)13-19(18)33-2)26-7-9-27(10-8-26)22(29)24-15-3-5-16(6-4-15)28(30)31/h3-6,11-13H,7-10H2,1-2H3,(H,24,29). The van der Waals surface area contributed by atoms with Gasteiger partial charge in [-0.2, -0.15) is 0 Å². The van der Waals surface area contributed by atoms with E-state index in [2.05, 4.69) is 15.2 Å². The number of nitro benzene ring substituents is 1. The van der Waals surface area contributed by atoms with Gasteiger partial charge in [0.2, 0.25) is 0 Å². The number of non-ortho nitro benzene ring substituents is 1. The van der Waals surface area contributed by atoms with Crippen molar-refractivity contribution < 1.29 is 19.2 Å². The van der Waals surface area contributed by atoms with E-state index in [1.807, 2.05) is 12.1 Å². The quantitative estimate of drug-likeness (QED) is 0.338. The Balaban J connectivity index is 1.48. The number of pyridine rings is 1. The Bertz CT molecular complexity index is 1200. The van der Waals surface area contributed by atoms with Crippen LogP contribution in [-0.4, -0.2) is 61.2 Å². The van der Waals surface area contributed by atoms with E-state index in [-0.39, 0.29) is 11.7 Å². The van der Waals surface area contributed by atoms with Crippen LogP contribution in [0.1, 0.15) is 0 Å². The Morgan fingerprint density at radius 2 is 1.70 bits per heavy atom. The summed E-state index contributed by atoms with van der Waals surface area (Å²) in [4.78, 5) is 31.2. The third-order valence-electron chi connectivity index (χ3n) is 5.48. The van der Waals surface area contributed by atoms with Gasteiger partial charge in [0.25, 0.3) is 5.69 Å². The van der Waals surface area contributed by atoms with Crippen LogP contribution < -0.4 is 19.7 Å². The largest absolute Gasteiger partial charge is 0.493 e. The number of carbonyl (C=O) groups is 1. The fraction of sp³-hybridized carbons (Fsp3) is 0.273. The molecule has 1 aliphatic heterocycles. The molecule has 1 N–H and O–H groups in total. The number of amides is 2. The third kappa shape index (κ3) is 4.70. The van der Waals surface area contributed by atoms with Gasteiger partial charge in [0.05, 0.1) is 19.1 Å². The second kappa shape index (κ2) is 9.37. The number of nitro groups is 1. The fourth-order valence-corrected chi connectivity index (χ4v) is 3.96. The highest BCUT2D eigenvalue weighted by atomic mass is 35.5. The number of nitrogens with zero attached hydrogens (tertiary/aromatic N) is 4. The Morgan fingerprint density at radius 1 is 1.06 bits per heavy atom. The van der Waals surface area contributed by atoms with Crippen molar-refractivity contribution in [2.75, 3.05) is 50.6 Å². The van der Waals surface area contributed by atoms with Gasteiger partial charge in [-0.05, 0) is 35.7 Å². The number of ether oxygens (including phenoxy) is 2. The summed E-state index contributed by atoms with van der Waals surface area (Å²) in [6, 6.07) is 11.0. The highest BCUT2D eigenvalue weighted by molar-refractivity contribution is 6.30. The Kier molecular flexibility index (Phi) is 6.36. The van der Waals surface area contributed by atoms with Crippen molar-refractivity contribution in [1.82, 2.24) is 9.88 Å². The van der Waals surface area contributed by atoms with Crippen LogP contribution in [0.15, 0.2) is 42.5 Å². The van der Waals surface area contributed by atoms with Gasteiger partial charge in [-0.3, -0.25) is 10.1 Å². The zero-order valence-corrected chi connectivity index (χ0v) is 18.8. The molecule has 0 bridgehead atoms. The van der Waals surface area contributed by atoms with Gasteiger partial charge >= 0.3 is 6.03 Å². The van der Waals surface area contributed by atoms with Crippen LogP contribution in [0.5, 0.6) is 11.5 Å². The van der Waals surface area contributed by atoms with Crippen molar-refractivity contribution >= 4 is 45.6 Å². The third-order valence-corrected chi connectivity index (χ3v) is 5.67. The van der Waals surface area contributed by atoms with Crippen LogP contribution >= 0.6 is 11.6 Å².